The molecule has 0 N–H and O–H groups in total. The Balaban J connectivity index is 2.21. The normalized spacial score (nSPS) is 31.9. The quantitative estimate of drug-likeness (QED) is 0.735. The van der Waals surface area contributed by atoms with Gasteiger partial charge in [-0.25, -0.2) is 0 Å². The van der Waals surface area contributed by atoms with Gasteiger partial charge >= 0.3 is 5.97 Å². The van der Waals surface area contributed by atoms with Crippen molar-refractivity contribution < 1.29 is 14.3 Å². The lowest BCUT2D eigenvalue weighted by Crippen LogP contribution is -2.60. The Bertz CT molecular complexity index is 397. The van der Waals surface area contributed by atoms with Crippen molar-refractivity contribution in [3.8, 4) is 0 Å². The van der Waals surface area contributed by atoms with Crippen molar-refractivity contribution >= 4 is 11.9 Å². The van der Waals surface area contributed by atoms with E-state index >= 15 is 0 Å². The van der Waals surface area contributed by atoms with E-state index in [2.05, 4.69) is 4.90 Å². The zero-order chi connectivity index (χ0) is 14.9. The third-order valence-corrected chi connectivity index (χ3v) is 4.77. The summed E-state index contributed by atoms with van der Waals surface area (Å²) in [6, 6.07) is 0.0510. The van der Waals surface area contributed by atoms with Crippen LogP contribution >= 0.6 is 0 Å². The number of piperidine rings is 1. The van der Waals surface area contributed by atoms with Gasteiger partial charge in [-0.15, -0.1) is 0 Å². The van der Waals surface area contributed by atoms with Crippen molar-refractivity contribution in [3.05, 3.63) is 0 Å². The van der Waals surface area contributed by atoms with Gasteiger partial charge in [0, 0.05) is 19.1 Å². The number of methoxy groups -OCH3 is 1. The number of carbonyl (C=O) groups is 2. The van der Waals surface area contributed by atoms with E-state index < -0.39 is 5.54 Å². The number of hydrogen-bond donors (Lipinski definition) is 0. The van der Waals surface area contributed by atoms with Crippen LogP contribution in [0.1, 0.15) is 46.5 Å². The van der Waals surface area contributed by atoms with Gasteiger partial charge in [0.05, 0.1) is 13.2 Å². The maximum Gasteiger partial charge on any atom is 0.326 e. The van der Waals surface area contributed by atoms with Crippen LogP contribution in [0.2, 0.25) is 0 Å². The van der Waals surface area contributed by atoms with Crippen LogP contribution in [0, 0.1) is 0 Å². The van der Waals surface area contributed by atoms with Crippen LogP contribution < -0.4 is 0 Å². The number of hydrogen-bond acceptors (Lipinski definition) is 4. The Morgan fingerprint density at radius 3 is 2.65 bits per heavy atom. The highest BCUT2D eigenvalue weighted by Gasteiger charge is 2.50. The van der Waals surface area contributed by atoms with Gasteiger partial charge < -0.3 is 9.64 Å². The molecule has 20 heavy (non-hydrogen) atoms. The molecular formula is C15H26N2O3. The third kappa shape index (κ3) is 2.43. The minimum absolute atomic E-state index is 0.169. The van der Waals surface area contributed by atoms with E-state index in [1.807, 2.05) is 25.7 Å². The molecule has 2 aliphatic heterocycles. The van der Waals surface area contributed by atoms with E-state index in [0.717, 1.165) is 38.8 Å². The molecule has 2 unspecified atom stereocenters. The fourth-order valence-corrected chi connectivity index (χ4v) is 3.60. The van der Waals surface area contributed by atoms with Gasteiger partial charge in [0.25, 0.3) is 0 Å². The van der Waals surface area contributed by atoms with E-state index in [0.29, 0.717) is 0 Å². The van der Waals surface area contributed by atoms with Gasteiger partial charge in [0.15, 0.2) is 0 Å². The zero-order valence-electron chi connectivity index (χ0n) is 13.0. The summed E-state index contributed by atoms with van der Waals surface area (Å²) in [5.41, 5.74) is -0.644. The van der Waals surface area contributed by atoms with Crippen LogP contribution in [-0.4, -0.2) is 59.5 Å². The lowest BCUT2D eigenvalue weighted by atomic mass is 9.94. The number of likely N-dealkylation sites (tertiary alicyclic amines) is 2. The summed E-state index contributed by atoms with van der Waals surface area (Å²) in [6.07, 6.45) is 3.55. The molecule has 2 saturated heterocycles. The summed E-state index contributed by atoms with van der Waals surface area (Å²) >= 11 is 0. The van der Waals surface area contributed by atoms with Crippen molar-refractivity contribution in [1.29, 1.82) is 0 Å². The summed E-state index contributed by atoms with van der Waals surface area (Å²) in [7, 11) is 1.42. The van der Waals surface area contributed by atoms with E-state index in [1.165, 1.54) is 7.11 Å². The molecule has 0 aromatic carbocycles. The zero-order valence-corrected chi connectivity index (χ0v) is 13.0. The highest BCUT2D eigenvalue weighted by atomic mass is 16.5. The highest BCUT2D eigenvalue weighted by molar-refractivity contribution is 5.86. The van der Waals surface area contributed by atoms with E-state index in [9.17, 15) is 9.59 Å². The van der Waals surface area contributed by atoms with Gasteiger partial charge in [-0.05, 0) is 46.5 Å². The predicted molar refractivity (Wildman–Crippen MR) is 76.2 cm³/mol. The van der Waals surface area contributed by atoms with Crippen molar-refractivity contribution in [2.75, 3.05) is 20.2 Å². The molecule has 2 fully saturated rings. The van der Waals surface area contributed by atoms with Crippen LogP contribution in [0.15, 0.2) is 0 Å². The monoisotopic (exact) mass is 282 g/mol. The second kappa shape index (κ2) is 5.72. The predicted octanol–water partition coefficient (Wildman–Crippen LogP) is 1.41. The van der Waals surface area contributed by atoms with Gasteiger partial charge in [-0.1, -0.05) is 0 Å². The topological polar surface area (TPSA) is 49.9 Å². The molecule has 2 atom stereocenters. The summed E-state index contributed by atoms with van der Waals surface area (Å²) in [5, 5.41) is 0. The molecular weight excluding hydrogens is 256 g/mol. The molecule has 0 aromatic heterocycles. The minimum Gasteiger partial charge on any atom is -0.468 e. The van der Waals surface area contributed by atoms with Gasteiger partial charge in [0.1, 0.15) is 5.54 Å². The summed E-state index contributed by atoms with van der Waals surface area (Å²) in [5.74, 6) is -0.0484. The van der Waals surface area contributed by atoms with Crippen LogP contribution in [0.4, 0.5) is 0 Å². The Kier molecular flexibility index (Phi) is 4.37. The molecule has 5 nitrogen and oxygen atoms in total. The summed E-state index contributed by atoms with van der Waals surface area (Å²) < 4.78 is 4.96. The number of rotatable bonds is 3. The van der Waals surface area contributed by atoms with Crippen molar-refractivity contribution in [2.24, 2.45) is 0 Å². The van der Waals surface area contributed by atoms with Crippen molar-refractivity contribution in [3.63, 3.8) is 0 Å². The van der Waals surface area contributed by atoms with Gasteiger partial charge in [-0.3, -0.25) is 14.5 Å². The highest BCUT2D eigenvalue weighted by Crippen LogP contribution is 2.35. The molecule has 0 radical (unpaired) electrons. The molecule has 2 heterocycles. The van der Waals surface area contributed by atoms with Crippen LogP contribution in [0.3, 0.4) is 0 Å². The first-order valence-electron chi connectivity index (χ1n) is 7.57. The number of carbonyl (C=O) groups excluding carboxylic acids is 2. The lowest BCUT2D eigenvalue weighted by molar-refractivity contribution is -0.158. The molecule has 2 rings (SSSR count). The maximum absolute atomic E-state index is 12.7. The number of esters is 1. The molecule has 0 aliphatic carbocycles. The van der Waals surface area contributed by atoms with Crippen LogP contribution in [0.25, 0.3) is 0 Å². The number of nitrogens with zero attached hydrogens (tertiary/aromatic N) is 2. The average molecular weight is 282 g/mol. The van der Waals surface area contributed by atoms with E-state index in [1.54, 1.807) is 0 Å². The molecule has 0 saturated carbocycles. The molecule has 114 valence electrons. The first-order valence-corrected chi connectivity index (χ1v) is 7.57. The minimum atomic E-state index is -0.644. The fraction of sp³-hybridized carbons (Fsp3) is 0.867. The first kappa shape index (κ1) is 15.3. The standard InChI is InChI=1S/C15H26N2O3/c1-11(2)16-9-5-7-12(13(16)18)17-10-6-8-15(17,3)14(19)20-4/h11-12H,5-10H2,1-4H3. The Morgan fingerprint density at radius 1 is 1.35 bits per heavy atom. The van der Waals surface area contributed by atoms with Crippen molar-refractivity contribution in [2.45, 2.75) is 64.1 Å². The fourth-order valence-electron chi connectivity index (χ4n) is 3.60. The maximum atomic E-state index is 12.7. The first-order chi connectivity index (χ1) is 9.41. The Labute approximate surface area is 121 Å². The van der Waals surface area contributed by atoms with Crippen molar-refractivity contribution in [1.82, 2.24) is 9.80 Å². The Hall–Kier alpha value is -1.10. The van der Waals surface area contributed by atoms with Gasteiger partial charge in [0.2, 0.25) is 5.91 Å². The molecule has 2 aliphatic rings. The van der Waals surface area contributed by atoms with Crippen LogP contribution in [-0.2, 0) is 14.3 Å². The van der Waals surface area contributed by atoms with E-state index in [4.69, 9.17) is 4.74 Å². The van der Waals surface area contributed by atoms with Crippen LogP contribution in [0.5, 0.6) is 0 Å². The molecule has 0 aromatic rings. The second-order valence-corrected chi connectivity index (χ2v) is 6.35. The SMILES string of the molecule is COC(=O)C1(C)CCCN1C1CCCN(C(C)C)C1=O. The largest absolute Gasteiger partial charge is 0.468 e. The number of amides is 1. The Morgan fingerprint density at radius 2 is 2.05 bits per heavy atom. The third-order valence-electron chi connectivity index (χ3n) is 4.77. The smallest absolute Gasteiger partial charge is 0.326 e. The number of ether oxygens (including phenoxy) is 1. The van der Waals surface area contributed by atoms with Gasteiger partial charge in [-0.2, -0.15) is 0 Å². The molecule has 1 amide bonds. The molecule has 0 spiro atoms. The second-order valence-electron chi connectivity index (χ2n) is 6.35. The van der Waals surface area contributed by atoms with E-state index in [-0.39, 0.29) is 24.0 Å². The molecule has 5 heteroatoms. The molecule has 0 bridgehead atoms. The average Bonchev–Trinajstić information content (AvgIpc) is 2.81. The lowest BCUT2D eigenvalue weighted by Gasteiger charge is -2.43. The summed E-state index contributed by atoms with van der Waals surface area (Å²) in [6.45, 7) is 7.63. The summed E-state index contributed by atoms with van der Waals surface area (Å²) in [4.78, 5) is 28.8.